The molecule has 7 atom stereocenters. The predicted octanol–water partition coefficient (Wildman–Crippen LogP) is 8.55. The second-order valence-corrected chi connectivity index (χ2v) is 11.4. The SMILES string of the molecule is CCCCCC(C)NCC(CC)C(CCCC)CC1CCC(C)C1C(C)N(CC)CCC. The molecule has 0 bridgehead atoms. The average Bonchev–Trinajstić information content (AvgIpc) is 3.15. The van der Waals surface area contributed by atoms with Gasteiger partial charge in [-0.3, -0.25) is 0 Å². The summed E-state index contributed by atoms with van der Waals surface area (Å²) in [6.07, 6.45) is 16.7. The van der Waals surface area contributed by atoms with E-state index in [1.807, 2.05) is 0 Å². The van der Waals surface area contributed by atoms with Crippen molar-refractivity contribution in [2.24, 2.45) is 29.6 Å². The minimum Gasteiger partial charge on any atom is -0.314 e. The zero-order chi connectivity index (χ0) is 23.9. The molecule has 1 N–H and O–H groups in total. The van der Waals surface area contributed by atoms with Crippen LogP contribution in [0.4, 0.5) is 0 Å². The topological polar surface area (TPSA) is 15.3 Å². The first-order valence-corrected chi connectivity index (χ1v) is 14.9. The first-order chi connectivity index (χ1) is 15.4. The van der Waals surface area contributed by atoms with Gasteiger partial charge in [-0.25, -0.2) is 0 Å². The number of nitrogens with zero attached hydrogens (tertiary/aromatic N) is 1. The van der Waals surface area contributed by atoms with Crippen LogP contribution in [0, 0.1) is 29.6 Å². The molecule has 0 aromatic carbocycles. The van der Waals surface area contributed by atoms with Gasteiger partial charge in [0.05, 0.1) is 0 Å². The highest BCUT2D eigenvalue weighted by Gasteiger charge is 2.40. The Morgan fingerprint density at radius 3 is 2.16 bits per heavy atom. The summed E-state index contributed by atoms with van der Waals surface area (Å²) in [6, 6.07) is 1.42. The van der Waals surface area contributed by atoms with Crippen LogP contribution in [0.2, 0.25) is 0 Å². The summed E-state index contributed by atoms with van der Waals surface area (Å²) < 4.78 is 0. The lowest BCUT2D eigenvalue weighted by atomic mass is 9.74. The normalized spacial score (nSPS) is 25.2. The average molecular weight is 451 g/mol. The molecular weight excluding hydrogens is 388 g/mol. The van der Waals surface area contributed by atoms with E-state index < -0.39 is 0 Å². The highest BCUT2D eigenvalue weighted by molar-refractivity contribution is 4.91. The maximum atomic E-state index is 3.95. The Morgan fingerprint density at radius 2 is 1.56 bits per heavy atom. The quantitative estimate of drug-likeness (QED) is 0.198. The third-order valence-corrected chi connectivity index (χ3v) is 8.94. The van der Waals surface area contributed by atoms with E-state index in [9.17, 15) is 0 Å². The Bertz CT molecular complexity index is 437. The minimum atomic E-state index is 0.675. The van der Waals surface area contributed by atoms with E-state index in [4.69, 9.17) is 0 Å². The molecule has 0 amide bonds. The fourth-order valence-electron chi connectivity index (χ4n) is 6.85. The zero-order valence-electron chi connectivity index (χ0n) is 23.6. The smallest absolute Gasteiger partial charge is 0.0100 e. The monoisotopic (exact) mass is 450 g/mol. The largest absolute Gasteiger partial charge is 0.314 e. The van der Waals surface area contributed by atoms with Crippen molar-refractivity contribution in [1.82, 2.24) is 10.2 Å². The molecule has 1 aliphatic rings. The van der Waals surface area contributed by atoms with E-state index in [0.29, 0.717) is 6.04 Å². The molecule has 0 aromatic rings. The second-order valence-electron chi connectivity index (χ2n) is 11.4. The van der Waals surface area contributed by atoms with Crippen molar-refractivity contribution in [2.75, 3.05) is 19.6 Å². The molecule has 7 unspecified atom stereocenters. The van der Waals surface area contributed by atoms with Gasteiger partial charge in [0.2, 0.25) is 0 Å². The molecule has 1 fully saturated rings. The van der Waals surface area contributed by atoms with Crippen molar-refractivity contribution in [3.8, 4) is 0 Å². The molecule has 0 aliphatic heterocycles. The Hall–Kier alpha value is -0.0800. The third kappa shape index (κ3) is 10.0. The van der Waals surface area contributed by atoms with Crippen LogP contribution in [0.15, 0.2) is 0 Å². The lowest BCUT2D eigenvalue weighted by Crippen LogP contribution is -2.43. The van der Waals surface area contributed by atoms with Crippen molar-refractivity contribution in [3.63, 3.8) is 0 Å². The van der Waals surface area contributed by atoms with Gasteiger partial charge in [-0.2, -0.15) is 0 Å². The molecule has 0 saturated heterocycles. The van der Waals surface area contributed by atoms with Crippen LogP contribution in [0.25, 0.3) is 0 Å². The number of hydrogen-bond donors (Lipinski definition) is 1. The Kier molecular flexibility index (Phi) is 16.3. The summed E-state index contributed by atoms with van der Waals surface area (Å²) in [4.78, 5) is 2.78. The van der Waals surface area contributed by atoms with Crippen LogP contribution in [0.3, 0.4) is 0 Å². The van der Waals surface area contributed by atoms with Gasteiger partial charge in [0.15, 0.2) is 0 Å². The highest BCUT2D eigenvalue weighted by Crippen LogP contribution is 2.45. The maximum absolute atomic E-state index is 3.95. The van der Waals surface area contributed by atoms with Gasteiger partial charge in [0.1, 0.15) is 0 Å². The van der Waals surface area contributed by atoms with E-state index in [1.54, 1.807) is 0 Å². The number of nitrogens with one attached hydrogen (secondary N) is 1. The first-order valence-electron chi connectivity index (χ1n) is 14.9. The Labute approximate surface area is 204 Å². The molecule has 1 rings (SSSR count). The summed E-state index contributed by atoms with van der Waals surface area (Å²) in [5, 5.41) is 3.95. The molecule has 192 valence electrons. The van der Waals surface area contributed by atoms with Gasteiger partial charge < -0.3 is 10.2 Å². The Balaban J connectivity index is 2.81. The van der Waals surface area contributed by atoms with Crippen molar-refractivity contribution < 1.29 is 0 Å². The summed E-state index contributed by atoms with van der Waals surface area (Å²) in [5.74, 6) is 4.47. The van der Waals surface area contributed by atoms with Crippen molar-refractivity contribution in [2.45, 2.75) is 145 Å². The molecule has 1 aliphatic carbocycles. The summed E-state index contributed by atoms with van der Waals surface area (Å²) in [6.45, 7) is 23.1. The Morgan fingerprint density at radius 1 is 0.844 bits per heavy atom. The molecule has 0 heterocycles. The molecule has 0 spiro atoms. The number of hydrogen-bond acceptors (Lipinski definition) is 2. The van der Waals surface area contributed by atoms with Crippen LogP contribution in [-0.2, 0) is 0 Å². The lowest BCUT2D eigenvalue weighted by Gasteiger charge is -2.39. The van der Waals surface area contributed by atoms with E-state index in [0.717, 1.165) is 35.6 Å². The van der Waals surface area contributed by atoms with Gasteiger partial charge >= 0.3 is 0 Å². The van der Waals surface area contributed by atoms with Crippen LogP contribution in [0.1, 0.15) is 132 Å². The predicted molar refractivity (Wildman–Crippen MR) is 145 cm³/mol. The third-order valence-electron chi connectivity index (χ3n) is 8.94. The maximum Gasteiger partial charge on any atom is 0.0100 e. The van der Waals surface area contributed by atoms with Crippen molar-refractivity contribution >= 4 is 0 Å². The van der Waals surface area contributed by atoms with Gasteiger partial charge in [-0.1, -0.05) is 92.9 Å². The summed E-state index contributed by atoms with van der Waals surface area (Å²) in [5.41, 5.74) is 0. The first kappa shape index (κ1) is 30.0. The summed E-state index contributed by atoms with van der Waals surface area (Å²) in [7, 11) is 0. The van der Waals surface area contributed by atoms with Gasteiger partial charge in [-0.05, 0) is 88.8 Å². The molecule has 32 heavy (non-hydrogen) atoms. The fraction of sp³-hybridized carbons (Fsp3) is 1.00. The minimum absolute atomic E-state index is 0.675. The van der Waals surface area contributed by atoms with Crippen LogP contribution in [0.5, 0.6) is 0 Å². The van der Waals surface area contributed by atoms with Crippen LogP contribution >= 0.6 is 0 Å². The number of unbranched alkanes of at least 4 members (excludes halogenated alkanes) is 3. The van der Waals surface area contributed by atoms with Gasteiger partial charge in [-0.15, -0.1) is 0 Å². The second kappa shape index (κ2) is 17.4. The molecule has 2 heteroatoms. The molecule has 2 nitrogen and oxygen atoms in total. The van der Waals surface area contributed by atoms with E-state index in [1.165, 1.54) is 96.7 Å². The summed E-state index contributed by atoms with van der Waals surface area (Å²) >= 11 is 0. The highest BCUT2D eigenvalue weighted by atomic mass is 15.1. The van der Waals surface area contributed by atoms with Gasteiger partial charge in [0.25, 0.3) is 0 Å². The van der Waals surface area contributed by atoms with Crippen molar-refractivity contribution in [1.29, 1.82) is 0 Å². The lowest BCUT2D eigenvalue weighted by molar-refractivity contribution is 0.0974. The standard InChI is InChI=1S/C30H62N2/c1-9-14-16-17-25(7)31-23-27(12-4)28(18-15-10-2)22-29-20-19-24(6)30(29)26(8)32(13-5)21-11-3/h24-31H,9-23H2,1-8H3. The molecular formula is C30H62N2. The number of rotatable bonds is 19. The van der Waals surface area contributed by atoms with Crippen LogP contribution in [-0.4, -0.2) is 36.6 Å². The van der Waals surface area contributed by atoms with E-state index in [-0.39, 0.29) is 0 Å². The molecule has 1 saturated carbocycles. The zero-order valence-corrected chi connectivity index (χ0v) is 23.6. The van der Waals surface area contributed by atoms with E-state index in [2.05, 4.69) is 65.6 Å². The van der Waals surface area contributed by atoms with Crippen molar-refractivity contribution in [3.05, 3.63) is 0 Å². The van der Waals surface area contributed by atoms with E-state index >= 15 is 0 Å². The van der Waals surface area contributed by atoms with Gasteiger partial charge in [0, 0.05) is 12.1 Å². The molecule has 0 radical (unpaired) electrons. The fourth-order valence-corrected chi connectivity index (χ4v) is 6.85. The molecule has 0 aromatic heterocycles. The van der Waals surface area contributed by atoms with Crippen LogP contribution < -0.4 is 5.32 Å².